The third-order valence-corrected chi connectivity index (χ3v) is 3.49. The number of carboxylic acid groups (broad SMARTS) is 1. The van der Waals surface area contributed by atoms with Crippen LogP contribution in [0, 0.1) is 11.6 Å². The van der Waals surface area contributed by atoms with Gasteiger partial charge in [-0.15, -0.1) is 10.2 Å². The summed E-state index contributed by atoms with van der Waals surface area (Å²) in [5, 5.41) is 15.6. The molecule has 3 aromatic rings. The number of carboxylic acids is 1. The lowest BCUT2D eigenvalue weighted by Gasteiger charge is -1.96. The minimum absolute atomic E-state index is 0.0584. The van der Waals surface area contributed by atoms with Crippen LogP contribution in [-0.2, 0) is 0 Å². The zero-order valence-corrected chi connectivity index (χ0v) is 14.9. The van der Waals surface area contributed by atoms with Crippen LogP contribution in [0.3, 0.4) is 0 Å². The van der Waals surface area contributed by atoms with Gasteiger partial charge in [-0.05, 0) is 36.4 Å². The van der Waals surface area contributed by atoms with Crippen LogP contribution >= 0.6 is 31.9 Å². The Hall–Kier alpha value is -2.13. The maximum Gasteiger partial charge on any atom is 0.335 e. The smallest absolute Gasteiger partial charge is 0.335 e. The maximum absolute atomic E-state index is 12.9. The number of benzene rings is 2. The third-order valence-electron chi connectivity index (χ3n) is 2.58. The van der Waals surface area contributed by atoms with E-state index >= 15 is 0 Å². The van der Waals surface area contributed by atoms with Gasteiger partial charge < -0.3 is 9.52 Å². The first kappa shape index (κ1) is 18.2. The molecule has 0 radical (unpaired) electrons. The molecule has 0 aliphatic heterocycles. The highest BCUT2D eigenvalue weighted by Crippen LogP contribution is 2.22. The van der Waals surface area contributed by atoms with E-state index in [1.165, 1.54) is 30.7 Å². The molecule has 0 unspecified atom stereocenters. The fraction of sp³-hybridized carbons (Fsp3) is 0. The molecule has 24 heavy (non-hydrogen) atoms. The summed E-state index contributed by atoms with van der Waals surface area (Å²) in [6, 6.07) is 7.90. The summed E-state index contributed by atoms with van der Waals surface area (Å²) in [5.41, 5.74) is 0.501. The standard InChI is InChI=1S/C8H4BrFN2O.C7H4BrFO2/c9-6-1-5(2-7(10)3-6)8-12-11-4-13-8;8-5-1-4(7(10)11)2-6(9)3-5/h1-4H;1-3H,(H,10,11). The van der Waals surface area contributed by atoms with Crippen molar-refractivity contribution in [3.63, 3.8) is 0 Å². The Labute approximate surface area is 151 Å². The van der Waals surface area contributed by atoms with E-state index < -0.39 is 11.8 Å². The van der Waals surface area contributed by atoms with Crippen LogP contribution in [0.4, 0.5) is 8.78 Å². The lowest BCUT2D eigenvalue weighted by Crippen LogP contribution is -1.96. The molecular weight excluding hydrogens is 454 g/mol. The highest BCUT2D eigenvalue weighted by molar-refractivity contribution is 9.10. The fourth-order valence-electron chi connectivity index (χ4n) is 1.65. The number of aromatic nitrogens is 2. The predicted octanol–water partition coefficient (Wildman–Crippen LogP) is 4.92. The van der Waals surface area contributed by atoms with Crippen LogP contribution in [0.15, 0.2) is 56.2 Å². The Morgan fingerprint density at radius 2 is 1.62 bits per heavy atom. The Bertz CT molecular complexity index is 817. The van der Waals surface area contributed by atoms with Crippen molar-refractivity contribution in [2.45, 2.75) is 0 Å². The highest BCUT2D eigenvalue weighted by atomic mass is 79.9. The Morgan fingerprint density at radius 1 is 1.00 bits per heavy atom. The lowest BCUT2D eigenvalue weighted by atomic mass is 10.2. The summed E-state index contributed by atoms with van der Waals surface area (Å²) >= 11 is 6.15. The molecule has 0 aliphatic rings. The van der Waals surface area contributed by atoms with Crippen LogP contribution in [0.5, 0.6) is 0 Å². The molecule has 0 fully saturated rings. The molecule has 0 saturated heterocycles. The minimum Gasteiger partial charge on any atom is -0.478 e. The lowest BCUT2D eigenvalue weighted by molar-refractivity contribution is 0.0696. The number of carbonyl (C=O) groups is 1. The minimum atomic E-state index is -1.13. The topological polar surface area (TPSA) is 76.2 Å². The Morgan fingerprint density at radius 3 is 2.12 bits per heavy atom. The predicted molar refractivity (Wildman–Crippen MR) is 88.5 cm³/mol. The van der Waals surface area contributed by atoms with Crippen LogP contribution in [0.25, 0.3) is 11.5 Å². The van der Waals surface area contributed by atoms with Crippen LogP contribution in [0.2, 0.25) is 0 Å². The third kappa shape index (κ3) is 5.20. The summed E-state index contributed by atoms with van der Waals surface area (Å²) in [7, 11) is 0. The van der Waals surface area contributed by atoms with Gasteiger partial charge in [0.1, 0.15) is 11.6 Å². The average molecular weight is 462 g/mol. The number of hydrogen-bond donors (Lipinski definition) is 1. The monoisotopic (exact) mass is 460 g/mol. The molecule has 0 bridgehead atoms. The van der Waals surface area contributed by atoms with E-state index in [0.29, 0.717) is 20.4 Å². The summed E-state index contributed by atoms with van der Waals surface area (Å²) < 4.78 is 31.4. The normalized spacial score (nSPS) is 10.0. The van der Waals surface area contributed by atoms with Crippen molar-refractivity contribution >= 4 is 37.8 Å². The van der Waals surface area contributed by atoms with Gasteiger partial charge in [-0.25, -0.2) is 13.6 Å². The quantitative estimate of drug-likeness (QED) is 0.585. The second kappa shape index (κ2) is 8.11. The van der Waals surface area contributed by atoms with Crippen LogP contribution < -0.4 is 0 Å². The molecule has 1 N–H and O–H groups in total. The highest BCUT2D eigenvalue weighted by Gasteiger charge is 2.06. The van der Waals surface area contributed by atoms with E-state index in [1.54, 1.807) is 6.07 Å². The van der Waals surface area contributed by atoms with Crippen molar-refractivity contribution in [1.29, 1.82) is 0 Å². The Kier molecular flexibility index (Phi) is 6.16. The first-order valence-corrected chi connectivity index (χ1v) is 7.86. The van der Waals surface area contributed by atoms with Crippen LogP contribution in [0.1, 0.15) is 10.4 Å². The summed E-state index contributed by atoms with van der Waals surface area (Å²) in [6.07, 6.45) is 1.20. The van der Waals surface area contributed by atoms with E-state index in [-0.39, 0.29) is 11.4 Å². The van der Waals surface area contributed by atoms with Gasteiger partial charge in [0.25, 0.3) is 0 Å². The molecule has 0 spiro atoms. The van der Waals surface area contributed by atoms with Gasteiger partial charge in [0, 0.05) is 14.5 Å². The van der Waals surface area contributed by atoms with E-state index in [9.17, 15) is 13.6 Å². The van der Waals surface area contributed by atoms with Crippen molar-refractivity contribution in [3.05, 3.63) is 68.9 Å². The van der Waals surface area contributed by atoms with Gasteiger partial charge in [0.15, 0.2) is 0 Å². The molecule has 0 amide bonds. The van der Waals surface area contributed by atoms with Gasteiger partial charge >= 0.3 is 5.97 Å². The van der Waals surface area contributed by atoms with Crippen LogP contribution in [-0.4, -0.2) is 21.3 Å². The van der Waals surface area contributed by atoms with Gasteiger partial charge in [0.05, 0.1) is 5.56 Å². The van der Waals surface area contributed by atoms with E-state index in [2.05, 4.69) is 42.1 Å². The molecule has 2 aromatic carbocycles. The SMILES string of the molecule is Fc1cc(Br)cc(-c2nnco2)c1.O=C(O)c1cc(F)cc(Br)c1. The van der Waals surface area contributed by atoms with E-state index in [0.717, 1.165) is 6.07 Å². The van der Waals surface area contributed by atoms with Crippen molar-refractivity contribution in [2.24, 2.45) is 0 Å². The van der Waals surface area contributed by atoms with Gasteiger partial charge in [-0.1, -0.05) is 31.9 Å². The molecule has 1 heterocycles. The van der Waals surface area contributed by atoms with Gasteiger partial charge in [-0.2, -0.15) is 0 Å². The molecule has 0 aliphatic carbocycles. The molecule has 1 aromatic heterocycles. The largest absolute Gasteiger partial charge is 0.478 e. The first-order valence-electron chi connectivity index (χ1n) is 6.27. The number of rotatable bonds is 2. The molecular formula is C15H8Br2F2N2O3. The average Bonchev–Trinajstić information content (AvgIpc) is 3.00. The van der Waals surface area contributed by atoms with Gasteiger partial charge in [-0.3, -0.25) is 0 Å². The molecule has 124 valence electrons. The van der Waals surface area contributed by atoms with Crippen molar-refractivity contribution in [2.75, 3.05) is 0 Å². The molecule has 9 heteroatoms. The maximum atomic E-state index is 12.9. The second-order valence-corrected chi connectivity index (χ2v) is 6.20. The number of hydrogen-bond acceptors (Lipinski definition) is 4. The fourth-order valence-corrected chi connectivity index (χ4v) is 2.58. The second-order valence-electron chi connectivity index (χ2n) is 4.37. The molecule has 3 rings (SSSR count). The van der Waals surface area contributed by atoms with Gasteiger partial charge in [0.2, 0.25) is 12.3 Å². The summed E-state index contributed by atoms with van der Waals surface area (Å²) in [4.78, 5) is 10.3. The van der Waals surface area contributed by atoms with Crippen molar-refractivity contribution in [3.8, 4) is 11.5 Å². The number of aromatic carboxylic acids is 1. The first-order chi connectivity index (χ1) is 11.3. The van der Waals surface area contributed by atoms with Crippen molar-refractivity contribution < 1.29 is 23.1 Å². The van der Waals surface area contributed by atoms with E-state index in [1.807, 2.05) is 0 Å². The number of halogens is 4. The van der Waals surface area contributed by atoms with Crippen molar-refractivity contribution in [1.82, 2.24) is 10.2 Å². The number of nitrogens with zero attached hydrogens (tertiary/aromatic N) is 2. The molecule has 5 nitrogen and oxygen atoms in total. The molecule has 0 atom stereocenters. The Balaban J connectivity index is 0.000000177. The summed E-state index contributed by atoms with van der Waals surface area (Å²) in [5.74, 6) is -1.73. The summed E-state index contributed by atoms with van der Waals surface area (Å²) in [6.45, 7) is 0. The molecule has 0 saturated carbocycles. The van der Waals surface area contributed by atoms with E-state index in [4.69, 9.17) is 9.52 Å². The zero-order valence-electron chi connectivity index (χ0n) is 11.7. The zero-order chi connectivity index (χ0) is 17.7.